The number of aryl methyl sites for hydroxylation is 2. The van der Waals surface area contributed by atoms with E-state index in [0.29, 0.717) is 13.0 Å². The SMILES string of the molecule is CNC(=O)C1(COC)CCCN1C(=O)CCn1ncn(C)c1=O. The number of aromatic nitrogens is 3. The Morgan fingerprint density at radius 1 is 1.48 bits per heavy atom. The van der Waals surface area contributed by atoms with Crippen LogP contribution in [0.25, 0.3) is 0 Å². The summed E-state index contributed by atoms with van der Waals surface area (Å²) in [6.07, 6.45) is 2.82. The molecule has 9 nitrogen and oxygen atoms in total. The molecule has 2 heterocycles. The van der Waals surface area contributed by atoms with E-state index in [1.54, 1.807) is 19.0 Å². The summed E-state index contributed by atoms with van der Waals surface area (Å²) in [4.78, 5) is 38.2. The van der Waals surface area contributed by atoms with Crippen molar-refractivity contribution in [2.24, 2.45) is 7.05 Å². The zero-order chi connectivity index (χ0) is 17.0. The predicted octanol–water partition coefficient (Wildman–Crippen LogP) is -1.27. The zero-order valence-corrected chi connectivity index (χ0v) is 13.7. The predicted molar refractivity (Wildman–Crippen MR) is 81.7 cm³/mol. The first kappa shape index (κ1) is 17.2. The Kier molecular flexibility index (Phi) is 5.19. The van der Waals surface area contributed by atoms with E-state index >= 15 is 0 Å². The van der Waals surface area contributed by atoms with Gasteiger partial charge in [-0.25, -0.2) is 9.48 Å². The molecule has 0 spiro atoms. The fourth-order valence-electron chi connectivity index (χ4n) is 3.08. The molecule has 2 rings (SSSR count). The third-order valence-electron chi connectivity index (χ3n) is 4.25. The van der Waals surface area contributed by atoms with Crippen LogP contribution in [0, 0.1) is 0 Å². The normalized spacial score (nSPS) is 20.7. The summed E-state index contributed by atoms with van der Waals surface area (Å²) in [6.45, 7) is 0.848. The summed E-state index contributed by atoms with van der Waals surface area (Å²) in [5.41, 5.74) is -1.23. The Morgan fingerprint density at radius 3 is 2.78 bits per heavy atom. The minimum Gasteiger partial charge on any atom is -0.382 e. The summed E-state index contributed by atoms with van der Waals surface area (Å²) >= 11 is 0. The molecule has 128 valence electrons. The van der Waals surface area contributed by atoms with Crippen molar-refractivity contribution < 1.29 is 14.3 Å². The van der Waals surface area contributed by atoms with Crippen LogP contribution >= 0.6 is 0 Å². The molecule has 1 fully saturated rings. The van der Waals surface area contributed by atoms with Crippen molar-refractivity contribution in [1.82, 2.24) is 24.6 Å². The van der Waals surface area contributed by atoms with Crippen LogP contribution in [0.5, 0.6) is 0 Å². The van der Waals surface area contributed by atoms with Crippen molar-refractivity contribution in [2.75, 3.05) is 27.3 Å². The number of rotatable bonds is 6. The molecular weight excluding hydrogens is 302 g/mol. The maximum absolute atomic E-state index is 12.6. The van der Waals surface area contributed by atoms with Gasteiger partial charge in [-0.3, -0.25) is 14.2 Å². The van der Waals surface area contributed by atoms with Gasteiger partial charge in [-0.05, 0) is 12.8 Å². The van der Waals surface area contributed by atoms with Gasteiger partial charge in [0.1, 0.15) is 11.9 Å². The van der Waals surface area contributed by atoms with E-state index in [-0.39, 0.29) is 37.1 Å². The summed E-state index contributed by atoms with van der Waals surface area (Å²) in [6, 6.07) is 0. The minimum atomic E-state index is -0.963. The maximum Gasteiger partial charge on any atom is 0.345 e. The number of ether oxygens (including phenoxy) is 1. The molecule has 1 aromatic heterocycles. The highest BCUT2D eigenvalue weighted by Gasteiger charge is 2.49. The Bertz CT molecular complexity index is 637. The lowest BCUT2D eigenvalue weighted by atomic mass is 9.95. The molecule has 1 aliphatic heterocycles. The van der Waals surface area contributed by atoms with Crippen molar-refractivity contribution in [1.29, 1.82) is 0 Å². The van der Waals surface area contributed by atoms with Gasteiger partial charge in [-0.15, -0.1) is 0 Å². The molecule has 9 heteroatoms. The largest absolute Gasteiger partial charge is 0.382 e. The van der Waals surface area contributed by atoms with Gasteiger partial charge >= 0.3 is 5.69 Å². The molecule has 1 unspecified atom stereocenters. The van der Waals surface area contributed by atoms with Crippen LogP contribution in [-0.4, -0.2) is 63.9 Å². The standard InChI is InChI=1S/C14H23N5O4/c1-15-12(21)14(9-23-3)6-4-7-18(14)11(20)5-8-19-13(22)17(2)10-16-19/h10H,4-9H2,1-3H3,(H,15,21). The van der Waals surface area contributed by atoms with Crippen LogP contribution in [0.2, 0.25) is 0 Å². The number of nitrogens with one attached hydrogen (secondary N) is 1. The highest BCUT2D eigenvalue weighted by atomic mass is 16.5. The van der Waals surface area contributed by atoms with Crippen LogP contribution in [-0.2, 0) is 27.9 Å². The lowest BCUT2D eigenvalue weighted by Gasteiger charge is -2.36. The molecule has 0 bridgehead atoms. The summed E-state index contributed by atoms with van der Waals surface area (Å²) in [7, 11) is 4.66. The van der Waals surface area contributed by atoms with Crippen molar-refractivity contribution in [3.63, 3.8) is 0 Å². The summed E-state index contributed by atoms with van der Waals surface area (Å²) in [5, 5.41) is 6.55. The van der Waals surface area contributed by atoms with Crippen molar-refractivity contribution in [3.8, 4) is 0 Å². The third-order valence-corrected chi connectivity index (χ3v) is 4.25. The first-order chi connectivity index (χ1) is 11.0. The number of carbonyl (C=O) groups is 2. The number of carbonyl (C=O) groups excluding carboxylic acids is 2. The molecule has 1 aromatic rings. The van der Waals surface area contributed by atoms with Gasteiger partial charge < -0.3 is 15.0 Å². The van der Waals surface area contributed by atoms with E-state index in [1.807, 2.05) is 0 Å². The van der Waals surface area contributed by atoms with Crippen LogP contribution < -0.4 is 11.0 Å². The zero-order valence-electron chi connectivity index (χ0n) is 13.7. The number of hydrogen-bond acceptors (Lipinski definition) is 5. The van der Waals surface area contributed by atoms with Crippen LogP contribution in [0.1, 0.15) is 19.3 Å². The van der Waals surface area contributed by atoms with Gasteiger partial charge in [0.05, 0.1) is 13.2 Å². The Balaban J connectivity index is 2.11. The second kappa shape index (κ2) is 6.95. The lowest BCUT2D eigenvalue weighted by molar-refractivity contribution is -0.148. The van der Waals surface area contributed by atoms with Gasteiger partial charge in [0, 0.05) is 34.2 Å². The average Bonchev–Trinajstić information content (AvgIpc) is 3.10. The minimum absolute atomic E-state index is 0.110. The number of nitrogens with zero attached hydrogens (tertiary/aromatic N) is 4. The lowest BCUT2D eigenvalue weighted by Crippen LogP contribution is -2.59. The summed E-state index contributed by atoms with van der Waals surface area (Å²) in [5.74, 6) is -0.402. The van der Waals surface area contributed by atoms with Crippen molar-refractivity contribution >= 4 is 11.8 Å². The van der Waals surface area contributed by atoms with E-state index in [9.17, 15) is 14.4 Å². The second-order valence-electron chi connectivity index (χ2n) is 5.69. The molecule has 2 amide bonds. The number of likely N-dealkylation sites (tertiary alicyclic amines) is 1. The highest BCUT2D eigenvalue weighted by Crippen LogP contribution is 2.30. The molecule has 0 radical (unpaired) electrons. The Hall–Kier alpha value is -2.16. The molecular formula is C14H23N5O4. The first-order valence-corrected chi connectivity index (χ1v) is 7.56. The maximum atomic E-state index is 12.6. The van der Waals surface area contributed by atoms with E-state index in [0.717, 1.165) is 6.42 Å². The van der Waals surface area contributed by atoms with E-state index < -0.39 is 5.54 Å². The van der Waals surface area contributed by atoms with Crippen LogP contribution in [0.3, 0.4) is 0 Å². The second-order valence-corrected chi connectivity index (χ2v) is 5.69. The quantitative estimate of drug-likeness (QED) is 0.703. The van der Waals surface area contributed by atoms with Crippen molar-refractivity contribution in [3.05, 3.63) is 16.8 Å². The first-order valence-electron chi connectivity index (χ1n) is 7.56. The summed E-state index contributed by atoms with van der Waals surface area (Å²) < 4.78 is 7.78. The molecule has 1 saturated heterocycles. The Labute approximate surface area is 134 Å². The number of amides is 2. The Morgan fingerprint density at radius 2 is 2.22 bits per heavy atom. The van der Waals surface area contributed by atoms with E-state index in [4.69, 9.17) is 4.74 Å². The highest BCUT2D eigenvalue weighted by molar-refractivity contribution is 5.92. The van der Waals surface area contributed by atoms with Gasteiger partial charge in [-0.2, -0.15) is 5.10 Å². The van der Waals surface area contributed by atoms with Crippen LogP contribution in [0.4, 0.5) is 0 Å². The third kappa shape index (κ3) is 3.14. The van der Waals surface area contributed by atoms with Crippen molar-refractivity contribution in [2.45, 2.75) is 31.3 Å². The molecule has 0 saturated carbocycles. The molecule has 1 aliphatic rings. The topological polar surface area (TPSA) is 98.5 Å². The molecule has 0 aliphatic carbocycles. The van der Waals surface area contributed by atoms with Gasteiger partial charge in [0.2, 0.25) is 11.8 Å². The fraction of sp³-hybridized carbons (Fsp3) is 0.714. The average molecular weight is 325 g/mol. The molecule has 1 atom stereocenters. The van der Waals surface area contributed by atoms with E-state index in [1.165, 1.54) is 22.7 Å². The fourth-order valence-corrected chi connectivity index (χ4v) is 3.08. The molecule has 1 N–H and O–H groups in total. The number of hydrogen-bond donors (Lipinski definition) is 1. The van der Waals surface area contributed by atoms with Crippen LogP contribution in [0.15, 0.2) is 11.1 Å². The molecule has 23 heavy (non-hydrogen) atoms. The molecule has 0 aromatic carbocycles. The number of methoxy groups -OCH3 is 1. The van der Waals surface area contributed by atoms with E-state index in [2.05, 4.69) is 10.4 Å². The smallest absolute Gasteiger partial charge is 0.345 e. The van der Waals surface area contributed by atoms with Gasteiger partial charge in [0.15, 0.2) is 0 Å². The monoisotopic (exact) mass is 325 g/mol. The van der Waals surface area contributed by atoms with Gasteiger partial charge in [0.25, 0.3) is 0 Å². The van der Waals surface area contributed by atoms with Gasteiger partial charge in [-0.1, -0.05) is 0 Å². The number of likely N-dealkylation sites (N-methyl/N-ethyl adjacent to an activating group) is 1.